The number of allylic oxidation sites excluding steroid dienone is 3. The van der Waals surface area contributed by atoms with E-state index in [0.29, 0.717) is 0 Å². The molecule has 0 aliphatic heterocycles. The Hall–Kier alpha value is -1.32. The summed E-state index contributed by atoms with van der Waals surface area (Å²) in [4.78, 5) is 11.9. The van der Waals surface area contributed by atoms with Crippen molar-refractivity contribution < 1.29 is 13.9 Å². The van der Waals surface area contributed by atoms with Crippen LogP contribution in [0.2, 0.25) is 10.0 Å². The monoisotopic (exact) mass is 330 g/mol. The first-order valence-corrected chi connectivity index (χ1v) is 7.27. The highest BCUT2D eigenvalue weighted by Crippen LogP contribution is 2.34. The lowest BCUT2D eigenvalue weighted by Crippen LogP contribution is -2.10. The van der Waals surface area contributed by atoms with Gasteiger partial charge in [-0.3, -0.25) is 4.79 Å². The largest absolute Gasteiger partial charge is 0.457 e. The normalized spacial score (nSPS) is 13.5. The molecule has 0 aromatic heterocycles. The summed E-state index contributed by atoms with van der Waals surface area (Å²) in [5.41, 5.74) is 1.12. The molecule has 1 aromatic carbocycles. The minimum absolute atomic E-state index is 0.123. The van der Waals surface area contributed by atoms with Crippen LogP contribution in [-0.2, 0) is 9.53 Å². The molecule has 0 aliphatic carbocycles. The number of esters is 1. The van der Waals surface area contributed by atoms with Gasteiger partial charge in [-0.05, 0) is 38.5 Å². The second-order valence-corrected chi connectivity index (χ2v) is 5.21. The molecule has 0 fully saturated rings. The molecule has 21 heavy (non-hydrogen) atoms. The van der Waals surface area contributed by atoms with E-state index in [0.717, 1.165) is 5.57 Å². The number of carbonyl (C=O) groups is 1. The number of ether oxygens (including phenoxy) is 1. The number of hydrogen-bond acceptors (Lipinski definition) is 2. The van der Waals surface area contributed by atoms with Crippen molar-refractivity contribution in [3.63, 3.8) is 0 Å². The molecule has 0 spiro atoms. The summed E-state index contributed by atoms with van der Waals surface area (Å²) < 4.78 is 18.8. The average Bonchev–Trinajstić information content (AvgIpc) is 2.42. The maximum atomic E-state index is 13.5. The van der Waals surface area contributed by atoms with Gasteiger partial charge in [-0.25, -0.2) is 4.39 Å². The van der Waals surface area contributed by atoms with Crippen LogP contribution in [0.5, 0.6) is 0 Å². The molecule has 1 unspecified atom stereocenters. The van der Waals surface area contributed by atoms with Crippen LogP contribution < -0.4 is 0 Å². The summed E-state index contributed by atoms with van der Waals surface area (Å²) in [6, 6.07) is 2.56. The highest BCUT2D eigenvalue weighted by molar-refractivity contribution is 6.36. The van der Waals surface area contributed by atoms with Crippen LogP contribution in [0, 0.1) is 5.82 Å². The second kappa shape index (κ2) is 8.20. The third-order valence-corrected chi connectivity index (χ3v) is 3.61. The molecule has 0 saturated carbocycles. The fourth-order valence-electron chi connectivity index (χ4n) is 1.85. The SMILES string of the molecule is C/C=C\C(=C/C)CC(=O)OC(C)c1c(Cl)ccc(F)c1Cl. The van der Waals surface area contributed by atoms with E-state index in [4.69, 9.17) is 27.9 Å². The van der Waals surface area contributed by atoms with Gasteiger partial charge in [0.25, 0.3) is 0 Å². The summed E-state index contributed by atoms with van der Waals surface area (Å²) in [7, 11) is 0. The van der Waals surface area contributed by atoms with Crippen molar-refractivity contribution in [2.75, 3.05) is 0 Å². The molecule has 0 radical (unpaired) electrons. The van der Waals surface area contributed by atoms with E-state index in [2.05, 4.69) is 0 Å². The lowest BCUT2D eigenvalue weighted by molar-refractivity contribution is -0.147. The van der Waals surface area contributed by atoms with Crippen molar-refractivity contribution in [2.24, 2.45) is 0 Å². The number of carbonyl (C=O) groups excluding carboxylic acids is 1. The zero-order valence-electron chi connectivity index (χ0n) is 12.1. The number of benzene rings is 1. The van der Waals surface area contributed by atoms with Crippen LogP contribution in [0.3, 0.4) is 0 Å². The van der Waals surface area contributed by atoms with Crippen LogP contribution in [-0.4, -0.2) is 5.97 Å². The molecule has 0 heterocycles. The van der Waals surface area contributed by atoms with Crippen LogP contribution >= 0.6 is 23.2 Å². The van der Waals surface area contributed by atoms with Crippen LogP contribution in [0.15, 0.2) is 35.9 Å². The molecule has 0 amide bonds. The quantitative estimate of drug-likeness (QED) is 0.396. The maximum Gasteiger partial charge on any atom is 0.310 e. The van der Waals surface area contributed by atoms with Gasteiger partial charge >= 0.3 is 5.97 Å². The van der Waals surface area contributed by atoms with Gasteiger partial charge in [0.15, 0.2) is 0 Å². The summed E-state index contributed by atoms with van der Waals surface area (Å²) in [5, 5.41) is 0.143. The Morgan fingerprint density at radius 2 is 2.05 bits per heavy atom. The number of halogens is 3. The average molecular weight is 331 g/mol. The first-order valence-electron chi connectivity index (χ1n) is 6.51. The molecule has 1 aromatic rings. The van der Waals surface area contributed by atoms with E-state index < -0.39 is 17.9 Å². The fraction of sp³-hybridized carbons (Fsp3) is 0.312. The van der Waals surface area contributed by atoms with Crippen molar-refractivity contribution in [3.8, 4) is 0 Å². The van der Waals surface area contributed by atoms with Gasteiger partial charge in [-0.2, -0.15) is 0 Å². The Labute approximate surface area is 134 Å². The molecule has 0 saturated heterocycles. The standard InChI is InChI=1S/C16H17Cl2FO2/c1-4-6-11(5-2)9-14(20)21-10(3)15-12(17)7-8-13(19)16(15)18/h4-8,10H,9H2,1-3H3/b6-4-,11-5+. The smallest absolute Gasteiger partial charge is 0.310 e. The van der Waals surface area contributed by atoms with Gasteiger partial charge in [0.2, 0.25) is 0 Å². The molecular formula is C16H17Cl2FO2. The van der Waals surface area contributed by atoms with E-state index in [9.17, 15) is 9.18 Å². The summed E-state index contributed by atoms with van der Waals surface area (Å²) in [5.74, 6) is -1.02. The van der Waals surface area contributed by atoms with Crippen molar-refractivity contribution in [1.29, 1.82) is 0 Å². The minimum atomic E-state index is -0.725. The number of rotatable bonds is 5. The fourth-order valence-corrected chi connectivity index (χ4v) is 2.53. The lowest BCUT2D eigenvalue weighted by atomic mass is 10.1. The second-order valence-electron chi connectivity index (χ2n) is 4.43. The van der Waals surface area contributed by atoms with Gasteiger partial charge in [-0.15, -0.1) is 0 Å². The predicted molar refractivity (Wildman–Crippen MR) is 84.1 cm³/mol. The molecule has 0 aliphatic rings. The first-order chi connectivity index (χ1) is 9.90. The minimum Gasteiger partial charge on any atom is -0.457 e. The van der Waals surface area contributed by atoms with Gasteiger partial charge in [0.1, 0.15) is 11.9 Å². The van der Waals surface area contributed by atoms with Crippen LogP contribution in [0.1, 0.15) is 38.9 Å². The molecule has 1 atom stereocenters. The van der Waals surface area contributed by atoms with Crippen LogP contribution in [0.25, 0.3) is 0 Å². The third kappa shape index (κ3) is 4.87. The summed E-state index contributed by atoms with van der Waals surface area (Å²) in [6.07, 6.45) is 4.90. The topological polar surface area (TPSA) is 26.3 Å². The molecule has 5 heteroatoms. The Morgan fingerprint density at radius 3 is 2.62 bits per heavy atom. The third-order valence-electron chi connectivity index (χ3n) is 2.89. The van der Waals surface area contributed by atoms with E-state index in [-0.39, 0.29) is 22.0 Å². The first kappa shape index (κ1) is 17.7. The predicted octanol–water partition coefficient (Wildman–Crippen LogP) is 5.65. The van der Waals surface area contributed by atoms with Gasteiger partial charge in [-0.1, -0.05) is 41.4 Å². The van der Waals surface area contributed by atoms with Gasteiger partial charge < -0.3 is 4.74 Å². The van der Waals surface area contributed by atoms with Crippen molar-refractivity contribution in [2.45, 2.75) is 33.3 Å². The number of hydrogen-bond donors (Lipinski definition) is 0. The van der Waals surface area contributed by atoms with E-state index in [1.54, 1.807) is 6.92 Å². The van der Waals surface area contributed by atoms with E-state index in [1.165, 1.54) is 12.1 Å². The highest BCUT2D eigenvalue weighted by Gasteiger charge is 2.20. The Kier molecular flexibility index (Phi) is 6.93. The lowest BCUT2D eigenvalue weighted by Gasteiger charge is -2.17. The molecule has 0 N–H and O–H groups in total. The van der Waals surface area contributed by atoms with Gasteiger partial charge in [0.05, 0.1) is 11.4 Å². The Bertz CT molecular complexity index is 580. The molecular weight excluding hydrogens is 314 g/mol. The molecule has 0 bridgehead atoms. The van der Waals surface area contributed by atoms with E-state index in [1.807, 2.05) is 32.1 Å². The molecule has 114 valence electrons. The summed E-state index contributed by atoms with van der Waals surface area (Å²) >= 11 is 11.9. The zero-order valence-corrected chi connectivity index (χ0v) is 13.6. The zero-order chi connectivity index (χ0) is 16.0. The van der Waals surface area contributed by atoms with Crippen LogP contribution in [0.4, 0.5) is 4.39 Å². The van der Waals surface area contributed by atoms with Crippen molar-refractivity contribution in [1.82, 2.24) is 0 Å². The molecule has 2 nitrogen and oxygen atoms in total. The van der Waals surface area contributed by atoms with E-state index >= 15 is 0 Å². The van der Waals surface area contributed by atoms with Crippen molar-refractivity contribution >= 4 is 29.2 Å². The Morgan fingerprint density at radius 1 is 1.38 bits per heavy atom. The Balaban J connectivity index is 2.85. The molecule has 1 rings (SSSR count). The maximum absolute atomic E-state index is 13.5. The highest BCUT2D eigenvalue weighted by atomic mass is 35.5. The summed E-state index contributed by atoms with van der Waals surface area (Å²) in [6.45, 7) is 5.31. The van der Waals surface area contributed by atoms with Gasteiger partial charge in [0, 0.05) is 10.6 Å². The van der Waals surface area contributed by atoms with Crippen molar-refractivity contribution in [3.05, 3.63) is 57.4 Å².